The van der Waals surface area contributed by atoms with Crippen LogP contribution in [0.25, 0.3) is 0 Å². The molecule has 5 heteroatoms. The Kier molecular flexibility index (Phi) is 5.31. The van der Waals surface area contributed by atoms with Crippen LogP contribution in [-0.4, -0.2) is 18.0 Å². The number of carbonyl (C=O) groups is 1. The molecule has 1 aromatic heterocycles. The van der Waals surface area contributed by atoms with Gasteiger partial charge < -0.3 is 10.1 Å². The smallest absolute Gasteiger partial charge is 0.252 e. The standard InChI is InChI=1S/C20H17ClN2O2/c1-25-18-6-2-4-15(12-18)20(24)23-19(16-5-3-11-22-13-16)14-7-9-17(21)10-8-14/h2-13,19H,1H3,(H,23,24). The quantitative estimate of drug-likeness (QED) is 0.746. The highest BCUT2D eigenvalue weighted by Crippen LogP contribution is 2.24. The van der Waals surface area contributed by atoms with E-state index >= 15 is 0 Å². The molecule has 1 atom stereocenters. The van der Waals surface area contributed by atoms with Gasteiger partial charge in [-0.05, 0) is 47.5 Å². The van der Waals surface area contributed by atoms with E-state index in [1.807, 2.05) is 24.3 Å². The van der Waals surface area contributed by atoms with Crippen LogP contribution in [0.4, 0.5) is 0 Å². The van der Waals surface area contributed by atoms with Crippen molar-refractivity contribution >= 4 is 17.5 Å². The first-order valence-electron chi connectivity index (χ1n) is 7.77. The lowest BCUT2D eigenvalue weighted by Crippen LogP contribution is -2.29. The van der Waals surface area contributed by atoms with Crippen molar-refractivity contribution in [1.82, 2.24) is 10.3 Å². The molecule has 3 rings (SSSR count). The number of rotatable bonds is 5. The summed E-state index contributed by atoms with van der Waals surface area (Å²) in [5.74, 6) is 0.444. The van der Waals surface area contributed by atoms with Gasteiger partial charge in [0.05, 0.1) is 13.2 Å². The van der Waals surface area contributed by atoms with E-state index in [9.17, 15) is 4.79 Å². The van der Waals surface area contributed by atoms with Crippen LogP contribution in [0.1, 0.15) is 27.5 Å². The van der Waals surface area contributed by atoms with Gasteiger partial charge in [0.25, 0.3) is 5.91 Å². The summed E-state index contributed by atoms with van der Waals surface area (Å²) < 4.78 is 5.19. The monoisotopic (exact) mass is 352 g/mol. The van der Waals surface area contributed by atoms with Crippen molar-refractivity contribution in [3.05, 3.63) is 94.8 Å². The van der Waals surface area contributed by atoms with Crippen molar-refractivity contribution in [3.63, 3.8) is 0 Å². The van der Waals surface area contributed by atoms with Crippen molar-refractivity contribution in [1.29, 1.82) is 0 Å². The summed E-state index contributed by atoms with van der Waals surface area (Å²) >= 11 is 5.98. The summed E-state index contributed by atoms with van der Waals surface area (Å²) in [5, 5.41) is 3.71. The lowest BCUT2D eigenvalue weighted by Gasteiger charge is -2.20. The summed E-state index contributed by atoms with van der Waals surface area (Å²) in [4.78, 5) is 16.9. The molecule has 0 saturated carbocycles. The van der Waals surface area contributed by atoms with Gasteiger partial charge in [0.2, 0.25) is 0 Å². The summed E-state index contributed by atoms with van der Waals surface area (Å²) in [6.45, 7) is 0. The molecule has 0 fully saturated rings. The molecule has 25 heavy (non-hydrogen) atoms. The molecule has 1 N–H and O–H groups in total. The molecule has 1 unspecified atom stereocenters. The van der Waals surface area contributed by atoms with E-state index in [1.165, 1.54) is 0 Å². The SMILES string of the molecule is COc1cccc(C(=O)NC(c2ccc(Cl)cc2)c2cccnc2)c1. The van der Waals surface area contributed by atoms with Crippen LogP contribution in [0.3, 0.4) is 0 Å². The highest BCUT2D eigenvalue weighted by molar-refractivity contribution is 6.30. The molecule has 2 aromatic carbocycles. The van der Waals surface area contributed by atoms with E-state index in [0.29, 0.717) is 16.3 Å². The van der Waals surface area contributed by atoms with Crippen LogP contribution >= 0.6 is 11.6 Å². The first kappa shape index (κ1) is 17.0. The van der Waals surface area contributed by atoms with Crippen molar-refractivity contribution in [2.75, 3.05) is 7.11 Å². The van der Waals surface area contributed by atoms with Gasteiger partial charge in [-0.3, -0.25) is 9.78 Å². The fraction of sp³-hybridized carbons (Fsp3) is 0.100. The predicted octanol–water partition coefficient (Wildman–Crippen LogP) is 4.26. The Labute approximate surface area is 151 Å². The summed E-state index contributed by atoms with van der Waals surface area (Å²) in [6.07, 6.45) is 3.44. The zero-order chi connectivity index (χ0) is 17.6. The van der Waals surface area contributed by atoms with Gasteiger partial charge in [-0.25, -0.2) is 0 Å². The van der Waals surface area contributed by atoms with Crippen molar-refractivity contribution in [2.45, 2.75) is 6.04 Å². The minimum Gasteiger partial charge on any atom is -0.497 e. The molecule has 126 valence electrons. The third-order valence-electron chi connectivity index (χ3n) is 3.83. The normalized spacial score (nSPS) is 11.6. The van der Waals surface area contributed by atoms with Gasteiger partial charge in [0, 0.05) is 23.0 Å². The van der Waals surface area contributed by atoms with E-state index in [2.05, 4.69) is 10.3 Å². The number of amides is 1. The number of hydrogen-bond acceptors (Lipinski definition) is 3. The van der Waals surface area contributed by atoms with E-state index in [0.717, 1.165) is 11.1 Å². The zero-order valence-corrected chi connectivity index (χ0v) is 14.4. The maximum absolute atomic E-state index is 12.7. The third kappa shape index (κ3) is 4.17. The lowest BCUT2D eigenvalue weighted by atomic mass is 9.99. The maximum atomic E-state index is 12.7. The molecular weight excluding hydrogens is 336 g/mol. The lowest BCUT2D eigenvalue weighted by molar-refractivity contribution is 0.0942. The Bertz CT molecular complexity index is 851. The van der Waals surface area contributed by atoms with Gasteiger partial charge in [0.15, 0.2) is 0 Å². The highest BCUT2D eigenvalue weighted by atomic mass is 35.5. The van der Waals surface area contributed by atoms with E-state index < -0.39 is 0 Å². The zero-order valence-electron chi connectivity index (χ0n) is 13.6. The summed E-state index contributed by atoms with van der Waals surface area (Å²) in [5.41, 5.74) is 2.34. The number of benzene rings is 2. The minimum absolute atomic E-state index is 0.192. The number of carbonyl (C=O) groups excluding carboxylic acids is 1. The molecule has 0 bridgehead atoms. The molecule has 0 radical (unpaired) electrons. The van der Waals surface area contributed by atoms with E-state index in [4.69, 9.17) is 16.3 Å². The fourth-order valence-corrected chi connectivity index (χ4v) is 2.67. The summed E-state index contributed by atoms with van der Waals surface area (Å²) in [6, 6.07) is 17.9. The molecule has 1 heterocycles. The molecule has 0 aliphatic carbocycles. The molecule has 0 aliphatic rings. The number of nitrogens with one attached hydrogen (secondary N) is 1. The fourth-order valence-electron chi connectivity index (χ4n) is 2.54. The molecular formula is C20H17ClN2O2. The minimum atomic E-state index is -0.329. The Morgan fingerprint density at radius 1 is 1.08 bits per heavy atom. The maximum Gasteiger partial charge on any atom is 0.252 e. The van der Waals surface area contributed by atoms with Crippen LogP contribution in [0.15, 0.2) is 73.1 Å². The first-order chi connectivity index (χ1) is 12.2. The molecule has 3 aromatic rings. The molecule has 1 amide bonds. The van der Waals surface area contributed by atoms with Gasteiger partial charge in [-0.15, -0.1) is 0 Å². The van der Waals surface area contributed by atoms with Crippen LogP contribution in [-0.2, 0) is 0 Å². The van der Waals surface area contributed by atoms with Gasteiger partial charge in [0.1, 0.15) is 5.75 Å². The Hall–Kier alpha value is -2.85. The largest absolute Gasteiger partial charge is 0.497 e. The number of hydrogen-bond donors (Lipinski definition) is 1. The Morgan fingerprint density at radius 2 is 1.88 bits per heavy atom. The predicted molar refractivity (Wildman–Crippen MR) is 98.0 cm³/mol. The van der Waals surface area contributed by atoms with Crippen LogP contribution in [0.2, 0.25) is 5.02 Å². The van der Waals surface area contributed by atoms with Crippen LogP contribution in [0, 0.1) is 0 Å². The second kappa shape index (κ2) is 7.81. The van der Waals surface area contributed by atoms with Crippen molar-refractivity contribution in [3.8, 4) is 5.75 Å². The molecule has 4 nitrogen and oxygen atoms in total. The number of methoxy groups -OCH3 is 1. The highest BCUT2D eigenvalue weighted by Gasteiger charge is 2.18. The van der Waals surface area contributed by atoms with E-state index in [-0.39, 0.29) is 11.9 Å². The van der Waals surface area contributed by atoms with E-state index in [1.54, 1.807) is 55.9 Å². The summed E-state index contributed by atoms with van der Waals surface area (Å²) in [7, 11) is 1.57. The van der Waals surface area contributed by atoms with Gasteiger partial charge >= 0.3 is 0 Å². The van der Waals surface area contributed by atoms with Gasteiger partial charge in [-0.2, -0.15) is 0 Å². The van der Waals surface area contributed by atoms with Crippen LogP contribution < -0.4 is 10.1 Å². The number of pyridine rings is 1. The average molecular weight is 353 g/mol. The Balaban J connectivity index is 1.92. The second-order valence-corrected chi connectivity index (χ2v) is 5.91. The van der Waals surface area contributed by atoms with Crippen molar-refractivity contribution in [2.24, 2.45) is 0 Å². The van der Waals surface area contributed by atoms with Crippen LogP contribution in [0.5, 0.6) is 5.75 Å². The number of ether oxygens (including phenoxy) is 1. The Morgan fingerprint density at radius 3 is 2.56 bits per heavy atom. The average Bonchev–Trinajstić information content (AvgIpc) is 2.67. The molecule has 0 aliphatic heterocycles. The van der Waals surface area contributed by atoms with Gasteiger partial charge in [-0.1, -0.05) is 35.9 Å². The van der Waals surface area contributed by atoms with Crippen molar-refractivity contribution < 1.29 is 9.53 Å². The molecule has 0 saturated heterocycles. The first-order valence-corrected chi connectivity index (χ1v) is 8.15. The third-order valence-corrected chi connectivity index (χ3v) is 4.08. The molecule has 0 spiro atoms. The number of halogens is 1. The number of aromatic nitrogens is 1. The number of nitrogens with zero attached hydrogens (tertiary/aromatic N) is 1. The topological polar surface area (TPSA) is 51.2 Å². The second-order valence-electron chi connectivity index (χ2n) is 5.48.